The maximum atomic E-state index is 12.9. The van der Waals surface area contributed by atoms with Gasteiger partial charge in [-0.05, 0) is 48.4 Å². The minimum absolute atomic E-state index is 0.287. The van der Waals surface area contributed by atoms with E-state index in [-0.39, 0.29) is 5.91 Å². The van der Waals surface area contributed by atoms with E-state index in [9.17, 15) is 14.7 Å². The summed E-state index contributed by atoms with van der Waals surface area (Å²) in [5.41, 5.74) is 1.20. The fraction of sp³-hybridized carbons (Fsp3) is 0.190. The van der Waals surface area contributed by atoms with E-state index in [1.807, 2.05) is 0 Å². The molecule has 0 aromatic heterocycles. The number of ether oxygens (including phenoxy) is 2. The van der Waals surface area contributed by atoms with E-state index in [4.69, 9.17) is 44.9 Å². The van der Waals surface area contributed by atoms with Crippen molar-refractivity contribution in [2.24, 2.45) is 0 Å². The SMILES string of the molecule is CCC(Oc1ccc(/C=C2/SC(=S)N(c3ccc(Cl)c(Cl)c3)C2=O)cc1OC)C(=O)O. The van der Waals surface area contributed by atoms with Crippen LogP contribution in [0.15, 0.2) is 41.3 Å². The number of carbonyl (C=O) groups excluding carboxylic acids is 1. The molecule has 0 aliphatic carbocycles. The quantitative estimate of drug-likeness (QED) is 0.391. The van der Waals surface area contributed by atoms with Crippen molar-refractivity contribution in [3.05, 3.63) is 56.9 Å². The predicted molar refractivity (Wildman–Crippen MR) is 127 cm³/mol. The predicted octanol–water partition coefficient (Wildman–Crippen LogP) is 5.65. The first kappa shape index (κ1) is 23.4. The summed E-state index contributed by atoms with van der Waals surface area (Å²) >= 11 is 18.6. The molecular weight excluding hydrogens is 481 g/mol. The van der Waals surface area contributed by atoms with Crippen molar-refractivity contribution in [1.82, 2.24) is 0 Å². The fourth-order valence-corrected chi connectivity index (χ4v) is 4.39. The molecular formula is C21H17Cl2NO5S2. The summed E-state index contributed by atoms with van der Waals surface area (Å²) in [6.45, 7) is 1.72. The molecule has 31 heavy (non-hydrogen) atoms. The average Bonchev–Trinajstić information content (AvgIpc) is 3.01. The van der Waals surface area contributed by atoms with Gasteiger partial charge in [-0.1, -0.05) is 60.2 Å². The van der Waals surface area contributed by atoms with E-state index in [0.29, 0.717) is 48.4 Å². The number of carboxylic acids is 1. The van der Waals surface area contributed by atoms with Crippen LogP contribution in [-0.2, 0) is 9.59 Å². The Morgan fingerprint density at radius 2 is 1.97 bits per heavy atom. The summed E-state index contributed by atoms with van der Waals surface area (Å²) in [5.74, 6) is -0.685. The van der Waals surface area contributed by atoms with Gasteiger partial charge in [0.05, 0.1) is 27.7 Å². The van der Waals surface area contributed by atoms with Crippen LogP contribution in [0, 0.1) is 0 Å². The maximum absolute atomic E-state index is 12.9. The van der Waals surface area contributed by atoms with Crippen LogP contribution in [0.3, 0.4) is 0 Å². The van der Waals surface area contributed by atoms with Crippen molar-refractivity contribution >= 4 is 75.1 Å². The summed E-state index contributed by atoms with van der Waals surface area (Å²) in [7, 11) is 1.46. The molecule has 10 heteroatoms. The van der Waals surface area contributed by atoms with Gasteiger partial charge in [0.1, 0.15) is 0 Å². The monoisotopic (exact) mass is 497 g/mol. The number of rotatable bonds is 7. The highest BCUT2D eigenvalue weighted by atomic mass is 35.5. The number of amides is 1. The minimum atomic E-state index is -1.06. The third kappa shape index (κ3) is 5.15. The van der Waals surface area contributed by atoms with Crippen molar-refractivity contribution < 1.29 is 24.2 Å². The number of nitrogens with zero attached hydrogens (tertiary/aromatic N) is 1. The van der Waals surface area contributed by atoms with Crippen LogP contribution >= 0.6 is 47.2 Å². The van der Waals surface area contributed by atoms with E-state index in [1.165, 1.54) is 12.0 Å². The lowest BCUT2D eigenvalue weighted by Crippen LogP contribution is -2.27. The molecule has 3 rings (SSSR count). The second-order valence-corrected chi connectivity index (χ2v) is 8.87. The molecule has 0 spiro atoms. The van der Waals surface area contributed by atoms with Crippen molar-refractivity contribution in [2.45, 2.75) is 19.4 Å². The van der Waals surface area contributed by atoms with E-state index >= 15 is 0 Å². The Balaban J connectivity index is 1.87. The van der Waals surface area contributed by atoms with Crippen LogP contribution in [0.2, 0.25) is 10.0 Å². The number of halogens is 2. The van der Waals surface area contributed by atoms with Gasteiger partial charge in [0.25, 0.3) is 5.91 Å². The van der Waals surface area contributed by atoms with E-state index in [2.05, 4.69) is 0 Å². The van der Waals surface area contributed by atoms with Gasteiger partial charge in [0.15, 0.2) is 21.9 Å². The van der Waals surface area contributed by atoms with Gasteiger partial charge in [-0.2, -0.15) is 0 Å². The summed E-state index contributed by atoms with van der Waals surface area (Å²) < 4.78 is 11.2. The Morgan fingerprint density at radius 1 is 1.23 bits per heavy atom. The van der Waals surface area contributed by atoms with E-state index in [1.54, 1.807) is 49.4 Å². The van der Waals surface area contributed by atoms with Gasteiger partial charge < -0.3 is 14.6 Å². The van der Waals surface area contributed by atoms with E-state index < -0.39 is 12.1 Å². The summed E-state index contributed by atoms with van der Waals surface area (Å²) in [6, 6.07) is 9.83. The zero-order valence-corrected chi connectivity index (χ0v) is 19.6. The molecule has 1 fully saturated rings. The molecule has 162 valence electrons. The lowest BCUT2D eigenvalue weighted by atomic mass is 10.1. The average molecular weight is 498 g/mol. The Labute approximate surface area is 198 Å². The molecule has 2 aromatic carbocycles. The number of anilines is 1. The first-order valence-corrected chi connectivity index (χ1v) is 11.0. The molecule has 0 saturated carbocycles. The maximum Gasteiger partial charge on any atom is 0.344 e. The normalized spacial score (nSPS) is 16.0. The lowest BCUT2D eigenvalue weighted by Gasteiger charge is -2.16. The molecule has 2 aromatic rings. The van der Waals surface area contributed by atoms with Gasteiger partial charge in [-0.25, -0.2) is 4.79 Å². The number of benzene rings is 2. The van der Waals surface area contributed by atoms with Gasteiger partial charge >= 0.3 is 5.97 Å². The zero-order valence-electron chi connectivity index (χ0n) is 16.4. The highest BCUT2D eigenvalue weighted by Gasteiger charge is 2.33. The number of carbonyl (C=O) groups is 2. The molecule has 1 aliphatic heterocycles. The van der Waals surface area contributed by atoms with Crippen LogP contribution in [0.25, 0.3) is 6.08 Å². The highest BCUT2D eigenvalue weighted by Crippen LogP contribution is 2.39. The lowest BCUT2D eigenvalue weighted by molar-refractivity contribution is -0.145. The largest absolute Gasteiger partial charge is 0.493 e. The van der Waals surface area contributed by atoms with Gasteiger partial charge in [-0.3, -0.25) is 9.69 Å². The number of hydrogen-bond donors (Lipinski definition) is 1. The molecule has 1 saturated heterocycles. The first-order valence-electron chi connectivity index (χ1n) is 9.05. The molecule has 6 nitrogen and oxygen atoms in total. The Bertz CT molecular complexity index is 1090. The molecule has 0 radical (unpaired) electrons. The van der Waals surface area contributed by atoms with E-state index in [0.717, 1.165) is 11.8 Å². The first-order chi connectivity index (χ1) is 14.7. The standard InChI is InChI=1S/C21H17Cl2NO5S2/c1-3-15(20(26)27)29-16-7-4-11(8-17(16)28-2)9-18-19(25)24(21(30)31-18)12-5-6-13(22)14(23)10-12/h4-10,15H,3H2,1-2H3,(H,26,27)/b18-9+. The summed E-state index contributed by atoms with van der Waals surface area (Å²) in [5, 5.41) is 9.91. The zero-order chi connectivity index (χ0) is 22.7. The van der Waals surface area contributed by atoms with Crippen molar-refractivity contribution in [3.63, 3.8) is 0 Å². The summed E-state index contributed by atoms with van der Waals surface area (Å²) in [4.78, 5) is 26.0. The number of thioether (sulfide) groups is 1. The van der Waals surface area contributed by atoms with Crippen LogP contribution in [0.5, 0.6) is 11.5 Å². The van der Waals surface area contributed by atoms with Crippen LogP contribution in [0.1, 0.15) is 18.9 Å². The van der Waals surface area contributed by atoms with Gasteiger partial charge in [0, 0.05) is 0 Å². The summed E-state index contributed by atoms with van der Waals surface area (Å²) in [6.07, 6.45) is 0.997. The third-order valence-corrected chi connectivity index (χ3v) is 6.40. The topological polar surface area (TPSA) is 76.1 Å². The molecule has 1 atom stereocenters. The van der Waals surface area contributed by atoms with Crippen LogP contribution < -0.4 is 14.4 Å². The van der Waals surface area contributed by atoms with Crippen molar-refractivity contribution in [3.8, 4) is 11.5 Å². The molecule has 1 amide bonds. The second kappa shape index (κ2) is 9.91. The van der Waals surface area contributed by atoms with Crippen LogP contribution in [-0.4, -0.2) is 34.5 Å². The van der Waals surface area contributed by atoms with Crippen LogP contribution in [0.4, 0.5) is 5.69 Å². The minimum Gasteiger partial charge on any atom is -0.493 e. The van der Waals surface area contributed by atoms with Gasteiger partial charge in [0.2, 0.25) is 0 Å². The number of methoxy groups -OCH3 is 1. The van der Waals surface area contributed by atoms with Gasteiger partial charge in [-0.15, -0.1) is 0 Å². The smallest absolute Gasteiger partial charge is 0.344 e. The molecule has 1 heterocycles. The Hall–Kier alpha value is -2.26. The molecule has 1 unspecified atom stereocenters. The fourth-order valence-electron chi connectivity index (χ4n) is 2.80. The number of hydrogen-bond acceptors (Lipinski definition) is 6. The number of carboxylic acid groups (broad SMARTS) is 1. The number of thiocarbonyl (C=S) groups is 1. The Kier molecular flexibility index (Phi) is 7.48. The number of aliphatic carboxylic acids is 1. The second-order valence-electron chi connectivity index (χ2n) is 6.38. The molecule has 0 bridgehead atoms. The van der Waals surface area contributed by atoms with Crippen molar-refractivity contribution in [2.75, 3.05) is 12.0 Å². The molecule has 1 aliphatic rings. The Morgan fingerprint density at radius 3 is 2.58 bits per heavy atom. The third-order valence-electron chi connectivity index (χ3n) is 4.36. The molecule has 1 N–H and O–H groups in total. The highest BCUT2D eigenvalue weighted by molar-refractivity contribution is 8.27. The van der Waals surface area contributed by atoms with Crippen molar-refractivity contribution in [1.29, 1.82) is 0 Å².